The molecule has 0 radical (unpaired) electrons. The summed E-state index contributed by atoms with van der Waals surface area (Å²) in [5.41, 5.74) is 2.20. The number of amides is 2. The summed E-state index contributed by atoms with van der Waals surface area (Å²) < 4.78 is 5.56. The lowest BCUT2D eigenvalue weighted by Gasteiger charge is -2.12. The van der Waals surface area contributed by atoms with Crippen LogP contribution in [-0.2, 0) is 0 Å². The van der Waals surface area contributed by atoms with Gasteiger partial charge in [0.05, 0.1) is 6.61 Å². The van der Waals surface area contributed by atoms with E-state index in [2.05, 4.69) is 16.0 Å². The van der Waals surface area contributed by atoms with Crippen LogP contribution in [0.1, 0.15) is 34.1 Å². The summed E-state index contributed by atoms with van der Waals surface area (Å²) in [5.74, 6) is 0.0385. The number of thiocarbonyl (C=S) groups is 1. The molecule has 7 heteroatoms. The molecule has 0 aliphatic rings. The van der Waals surface area contributed by atoms with Gasteiger partial charge in [-0.1, -0.05) is 37.3 Å². The zero-order valence-electron chi connectivity index (χ0n) is 17.1. The molecule has 0 heterocycles. The van der Waals surface area contributed by atoms with Gasteiger partial charge in [-0.2, -0.15) is 0 Å². The first kappa shape index (κ1) is 22.0. The van der Waals surface area contributed by atoms with Crippen LogP contribution in [0.3, 0.4) is 0 Å². The van der Waals surface area contributed by atoms with Gasteiger partial charge in [-0.25, -0.2) is 0 Å². The van der Waals surface area contributed by atoms with Crippen LogP contribution in [0, 0.1) is 0 Å². The third kappa shape index (κ3) is 6.65. The molecule has 0 spiro atoms. The van der Waals surface area contributed by atoms with Crippen LogP contribution in [-0.4, -0.2) is 23.5 Å². The molecule has 0 aliphatic carbocycles. The van der Waals surface area contributed by atoms with Gasteiger partial charge in [-0.05, 0) is 67.2 Å². The van der Waals surface area contributed by atoms with Crippen molar-refractivity contribution >= 4 is 40.5 Å². The number of rotatable bonds is 7. The Balaban J connectivity index is 1.60. The maximum absolute atomic E-state index is 12.5. The number of ether oxygens (including phenoxy) is 1. The summed E-state index contributed by atoms with van der Waals surface area (Å²) in [6, 6.07) is 23.0. The summed E-state index contributed by atoms with van der Waals surface area (Å²) in [5, 5.41) is 8.54. The van der Waals surface area contributed by atoms with E-state index >= 15 is 0 Å². The van der Waals surface area contributed by atoms with Gasteiger partial charge in [0.25, 0.3) is 11.8 Å². The molecule has 3 rings (SSSR count). The van der Waals surface area contributed by atoms with Crippen molar-refractivity contribution in [2.75, 3.05) is 17.2 Å². The maximum Gasteiger partial charge on any atom is 0.257 e. The average molecular weight is 434 g/mol. The molecule has 0 bridgehead atoms. The van der Waals surface area contributed by atoms with Crippen LogP contribution in [0.2, 0.25) is 0 Å². The van der Waals surface area contributed by atoms with Gasteiger partial charge in [0.1, 0.15) is 5.75 Å². The number of carbonyl (C=O) groups is 2. The SMILES string of the molecule is CCCOc1cccc(C(=O)NC(=S)Nc2cccc(C(=O)Nc3ccccc3)c2)c1. The van der Waals surface area contributed by atoms with E-state index in [1.54, 1.807) is 48.5 Å². The minimum absolute atomic E-state index is 0.130. The van der Waals surface area contributed by atoms with Crippen molar-refractivity contribution in [1.29, 1.82) is 0 Å². The Bertz CT molecular complexity index is 1070. The Morgan fingerprint density at radius 1 is 0.806 bits per heavy atom. The van der Waals surface area contributed by atoms with Crippen molar-refractivity contribution in [3.63, 3.8) is 0 Å². The number of para-hydroxylation sites is 1. The fourth-order valence-corrected chi connectivity index (χ4v) is 2.96. The quantitative estimate of drug-likeness (QED) is 0.464. The third-order valence-electron chi connectivity index (χ3n) is 4.21. The zero-order valence-corrected chi connectivity index (χ0v) is 17.9. The number of hydrogen-bond acceptors (Lipinski definition) is 4. The van der Waals surface area contributed by atoms with E-state index in [9.17, 15) is 9.59 Å². The van der Waals surface area contributed by atoms with E-state index < -0.39 is 0 Å². The van der Waals surface area contributed by atoms with E-state index in [-0.39, 0.29) is 16.9 Å². The standard InChI is InChI=1S/C24H23N3O3S/c1-2-14-30-21-13-7-9-18(16-21)23(29)27-24(31)26-20-12-6-8-17(15-20)22(28)25-19-10-4-3-5-11-19/h3-13,15-16H,2,14H2,1H3,(H,25,28)(H2,26,27,29,31). The van der Waals surface area contributed by atoms with Crippen LogP contribution in [0.4, 0.5) is 11.4 Å². The second-order valence-electron chi connectivity index (χ2n) is 6.69. The van der Waals surface area contributed by atoms with E-state index in [0.717, 1.165) is 6.42 Å². The summed E-state index contributed by atoms with van der Waals surface area (Å²) in [7, 11) is 0. The topological polar surface area (TPSA) is 79.5 Å². The smallest absolute Gasteiger partial charge is 0.257 e. The fraction of sp³-hybridized carbons (Fsp3) is 0.125. The predicted octanol–water partition coefficient (Wildman–Crippen LogP) is 4.85. The first-order valence-electron chi connectivity index (χ1n) is 9.87. The van der Waals surface area contributed by atoms with Crippen molar-refractivity contribution in [3.05, 3.63) is 90.0 Å². The second-order valence-corrected chi connectivity index (χ2v) is 7.09. The van der Waals surface area contributed by atoms with Gasteiger partial charge >= 0.3 is 0 Å². The zero-order chi connectivity index (χ0) is 22.1. The molecule has 3 N–H and O–H groups in total. The van der Waals surface area contributed by atoms with Crippen LogP contribution in [0.5, 0.6) is 5.75 Å². The summed E-state index contributed by atoms with van der Waals surface area (Å²) in [6.07, 6.45) is 0.882. The molecule has 0 fully saturated rings. The minimum atomic E-state index is -0.350. The molecule has 0 unspecified atom stereocenters. The Kier molecular flexibility index (Phi) is 7.73. The normalized spacial score (nSPS) is 10.1. The summed E-state index contributed by atoms with van der Waals surface area (Å²) in [4.78, 5) is 25.0. The Morgan fingerprint density at radius 3 is 2.23 bits per heavy atom. The van der Waals surface area contributed by atoms with Crippen LogP contribution >= 0.6 is 12.2 Å². The minimum Gasteiger partial charge on any atom is -0.494 e. The van der Waals surface area contributed by atoms with Crippen LogP contribution < -0.4 is 20.7 Å². The summed E-state index contributed by atoms with van der Waals surface area (Å²) in [6.45, 7) is 2.60. The summed E-state index contributed by atoms with van der Waals surface area (Å²) >= 11 is 5.25. The fourth-order valence-electron chi connectivity index (χ4n) is 2.75. The van der Waals surface area contributed by atoms with Crippen molar-refractivity contribution in [1.82, 2.24) is 5.32 Å². The molecule has 3 aromatic carbocycles. The lowest BCUT2D eigenvalue weighted by atomic mass is 10.2. The highest BCUT2D eigenvalue weighted by Crippen LogP contribution is 2.15. The molecular formula is C24H23N3O3S. The Labute approximate surface area is 186 Å². The van der Waals surface area contributed by atoms with Crippen LogP contribution in [0.25, 0.3) is 0 Å². The van der Waals surface area contributed by atoms with Gasteiger partial charge in [0.2, 0.25) is 0 Å². The molecule has 0 atom stereocenters. The molecular weight excluding hydrogens is 410 g/mol. The van der Waals surface area contributed by atoms with E-state index in [4.69, 9.17) is 17.0 Å². The lowest BCUT2D eigenvalue weighted by molar-refractivity contribution is 0.0975. The number of nitrogens with one attached hydrogen (secondary N) is 3. The van der Waals surface area contributed by atoms with Gasteiger partial charge in [-0.15, -0.1) is 0 Å². The van der Waals surface area contributed by atoms with Crippen LogP contribution in [0.15, 0.2) is 78.9 Å². The number of hydrogen-bond donors (Lipinski definition) is 3. The Morgan fingerprint density at radius 2 is 1.48 bits per heavy atom. The molecule has 6 nitrogen and oxygen atoms in total. The molecule has 2 amide bonds. The molecule has 3 aromatic rings. The van der Waals surface area contributed by atoms with Gasteiger partial charge in [0, 0.05) is 22.5 Å². The third-order valence-corrected chi connectivity index (χ3v) is 4.41. The molecule has 0 saturated heterocycles. The highest BCUT2D eigenvalue weighted by Gasteiger charge is 2.11. The van der Waals surface area contributed by atoms with E-state index in [1.807, 2.05) is 37.3 Å². The highest BCUT2D eigenvalue weighted by atomic mass is 32.1. The molecule has 0 saturated carbocycles. The molecule has 0 aromatic heterocycles. The highest BCUT2D eigenvalue weighted by molar-refractivity contribution is 7.80. The van der Waals surface area contributed by atoms with E-state index in [1.165, 1.54) is 0 Å². The van der Waals surface area contributed by atoms with Gasteiger partial charge < -0.3 is 15.4 Å². The first-order valence-corrected chi connectivity index (χ1v) is 10.3. The number of benzene rings is 3. The average Bonchev–Trinajstić information content (AvgIpc) is 2.78. The first-order chi connectivity index (χ1) is 15.0. The van der Waals surface area contributed by atoms with E-state index in [0.29, 0.717) is 34.9 Å². The Hall–Kier alpha value is -3.71. The van der Waals surface area contributed by atoms with Crippen molar-refractivity contribution in [2.24, 2.45) is 0 Å². The van der Waals surface area contributed by atoms with Crippen molar-refractivity contribution < 1.29 is 14.3 Å². The number of carbonyl (C=O) groups excluding carboxylic acids is 2. The van der Waals surface area contributed by atoms with Crippen molar-refractivity contribution in [2.45, 2.75) is 13.3 Å². The monoisotopic (exact) mass is 433 g/mol. The largest absolute Gasteiger partial charge is 0.494 e. The van der Waals surface area contributed by atoms with Gasteiger partial charge in [0.15, 0.2) is 5.11 Å². The molecule has 158 valence electrons. The maximum atomic E-state index is 12.5. The number of anilines is 2. The second kappa shape index (κ2) is 10.9. The molecule has 31 heavy (non-hydrogen) atoms. The van der Waals surface area contributed by atoms with Gasteiger partial charge in [-0.3, -0.25) is 14.9 Å². The lowest BCUT2D eigenvalue weighted by Crippen LogP contribution is -2.34. The van der Waals surface area contributed by atoms with Crippen molar-refractivity contribution in [3.8, 4) is 5.75 Å². The molecule has 0 aliphatic heterocycles. The predicted molar refractivity (Wildman–Crippen MR) is 127 cm³/mol.